The summed E-state index contributed by atoms with van der Waals surface area (Å²) in [6.45, 7) is 4.43. The van der Waals surface area contributed by atoms with Crippen LogP contribution in [0.15, 0.2) is 54.6 Å². The Morgan fingerprint density at radius 2 is 1.46 bits per heavy atom. The Kier molecular flexibility index (Phi) is 8.35. The van der Waals surface area contributed by atoms with Crippen LogP contribution in [0.5, 0.6) is 0 Å². The maximum atomic E-state index is 9.77. The molecule has 1 aliphatic heterocycles. The van der Waals surface area contributed by atoms with Gasteiger partial charge in [0.1, 0.15) is 0 Å². The lowest BCUT2D eigenvalue weighted by Gasteiger charge is -2.40. The Hall–Kier alpha value is -1.14. The highest BCUT2D eigenvalue weighted by Gasteiger charge is 2.26. The van der Waals surface area contributed by atoms with E-state index in [1.165, 1.54) is 11.1 Å². The van der Waals surface area contributed by atoms with Crippen molar-refractivity contribution in [3.63, 3.8) is 0 Å². The van der Waals surface area contributed by atoms with Crippen LogP contribution in [0, 0.1) is 0 Å². The molecule has 3 rings (SSSR count). The van der Waals surface area contributed by atoms with Crippen LogP contribution in [-0.4, -0.2) is 65.1 Å². The molecule has 0 spiro atoms. The summed E-state index contributed by atoms with van der Waals surface area (Å²) in [5.41, 5.74) is 2.55. The van der Waals surface area contributed by atoms with Crippen LogP contribution in [0.3, 0.4) is 0 Å². The highest BCUT2D eigenvalue weighted by molar-refractivity contribution is 6.30. The summed E-state index contributed by atoms with van der Waals surface area (Å²) in [4.78, 5) is 4.79. The molecule has 1 heterocycles. The zero-order valence-electron chi connectivity index (χ0n) is 14.7. The lowest BCUT2D eigenvalue weighted by atomic mass is 9.96. The van der Waals surface area contributed by atoms with Gasteiger partial charge in [0, 0.05) is 43.6 Å². The van der Waals surface area contributed by atoms with Crippen molar-refractivity contribution in [3.8, 4) is 0 Å². The molecule has 1 fully saturated rings. The summed E-state index contributed by atoms with van der Waals surface area (Å²) in [6.07, 6.45) is -0.450. The summed E-state index contributed by atoms with van der Waals surface area (Å²) in [5.74, 6) is 0.289. The molecule has 2 unspecified atom stereocenters. The second kappa shape index (κ2) is 10.3. The largest absolute Gasteiger partial charge is 0.412 e. The fraction of sp³-hybridized carbons (Fsp3) is 0.400. The van der Waals surface area contributed by atoms with Gasteiger partial charge in [0.25, 0.3) is 0 Å². The first-order chi connectivity index (χ1) is 12.2. The molecular weight excluding hydrogens is 371 g/mol. The van der Waals surface area contributed by atoms with Gasteiger partial charge in [-0.15, -0.1) is 11.6 Å². The second-order valence-electron chi connectivity index (χ2n) is 6.51. The average Bonchev–Trinajstić information content (AvgIpc) is 2.66. The fourth-order valence-corrected chi connectivity index (χ4v) is 3.67. The Labute approximate surface area is 165 Å². The van der Waals surface area contributed by atoms with Gasteiger partial charge >= 0.3 is 0 Å². The summed E-state index contributed by atoms with van der Waals surface area (Å²) in [5, 5.41) is 10.5. The maximum Gasteiger partial charge on any atom is 0.0802 e. The van der Waals surface area contributed by atoms with Gasteiger partial charge in [-0.25, -0.2) is 0 Å². The minimum absolute atomic E-state index is 0. The number of rotatable bonds is 6. The number of hydrogen-bond acceptors (Lipinski definition) is 3. The molecule has 2 atom stereocenters. The number of piperazine rings is 1. The van der Waals surface area contributed by atoms with E-state index in [0.717, 1.165) is 31.2 Å². The maximum absolute atomic E-state index is 9.77. The van der Waals surface area contributed by atoms with Crippen molar-refractivity contribution in [2.24, 2.45) is 0 Å². The molecule has 0 bridgehead atoms. The number of β-amino-alcohol motifs (C(OH)–C–C–N with tert-alkyl or cyclic N) is 1. The zero-order valence-corrected chi connectivity index (χ0v) is 16.2. The molecule has 2 aromatic rings. The van der Waals surface area contributed by atoms with E-state index in [-0.39, 0.29) is 17.4 Å². The van der Waals surface area contributed by atoms with Gasteiger partial charge in [0.2, 0.25) is 0 Å². The molecule has 3 N–H and O–H groups in total. The third-order valence-corrected chi connectivity index (χ3v) is 5.33. The van der Waals surface area contributed by atoms with Crippen LogP contribution in [0.25, 0.3) is 0 Å². The van der Waals surface area contributed by atoms with Crippen molar-refractivity contribution in [2.75, 3.05) is 38.6 Å². The van der Waals surface area contributed by atoms with Crippen molar-refractivity contribution < 1.29 is 10.6 Å². The number of nitrogens with zero attached hydrogens (tertiary/aromatic N) is 2. The van der Waals surface area contributed by atoms with E-state index >= 15 is 0 Å². The van der Waals surface area contributed by atoms with Crippen molar-refractivity contribution >= 4 is 23.2 Å². The summed E-state index contributed by atoms with van der Waals surface area (Å²) >= 11 is 11.8. The highest BCUT2D eigenvalue weighted by atomic mass is 35.5. The monoisotopic (exact) mass is 396 g/mol. The number of benzene rings is 2. The van der Waals surface area contributed by atoms with Crippen molar-refractivity contribution in [1.82, 2.24) is 9.80 Å². The summed E-state index contributed by atoms with van der Waals surface area (Å²) in [6, 6.07) is 19.0. The zero-order chi connectivity index (χ0) is 17.6. The van der Waals surface area contributed by atoms with E-state index < -0.39 is 6.10 Å². The van der Waals surface area contributed by atoms with Crippen molar-refractivity contribution in [2.45, 2.75) is 12.1 Å². The smallest absolute Gasteiger partial charge is 0.0802 e. The predicted molar refractivity (Wildman–Crippen MR) is 108 cm³/mol. The minimum Gasteiger partial charge on any atom is -0.412 e. The number of alkyl halides is 1. The number of halogens is 2. The van der Waals surface area contributed by atoms with E-state index in [2.05, 4.69) is 46.2 Å². The Balaban J connectivity index is 0.00000243. The molecular formula is C20H26Cl2N2O2. The lowest BCUT2D eigenvalue weighted by Crippen LogP contribution is -2.49. The molecule has 4 nitrogen and oxygen atoms in total. The van der Waals surface area contributed by atoms with Crippen LogP contribution in [-0.2, 0) is 0 Å². The lowest BCUT2D eigenvalue weighted by molar-refractivity contribution is 0.0704. The van der Waals surface area contributed by atoms with Crippen LogP contribution in [0.4, 0.5) is 0 Å². The normalized spacial score (nSPS) is 18.1. The Morgan fingerprint density at radius 1 is 0.885 bits per heavy atom. The van der Waals surface area contributed by atoms with E-state index in [0.29, 0.717) is 6.54 Å². The van der Waals surface area contributed by atoms with Gasteiger partial charge < -0.3 is 10.6 Å². The van der Waals surface area contributed by atoms with Crippen molar-refractivity contribution in [3.05, 3.63) is 70.7 Å². The third kappa shape index (κ3) is 5.43. The van der Waals surface area contributed by atoms with Gasteiger partial charge in [-0.1, -0.05) is 54.1 Å². The molecule has 1 saturated heterocycles. The molecule has 0 saturated carbocycles. The third-order valence-electron chi connectivity index (χ3n) is 4.72. The van der Waals surface area contributed by atoms with Gasteiger partial charge in [0.05, 0.1) is 12.1 Å². The second-order valence-corrected chi connectivity index (χ2v) is 7.25. The van der Waals surface area contributed by atoms with Crippen LogP contribution >= 0.6 is 23.2 Å². The first-order valence-electron chi connectivity index (χ1n) is 8.68. The van der Waals surface area contributed by atoms with E-state index in [1.54, 1.807) is 0 Å². The molecule has 26 heavy (non-hydrogen) atoms. The van der Waals surface area contributed by atoms with E-state index in [1.807, 2.05) is 18.2 Å². The van der Waals surface area contributed by atoms with Crippen LogP contribution < -0.4 is 0 Å². The predicted octanol–water partition coefficient (Wildman–Crippen LogP) is 2.82. The molecule has 0 radical (unpaired) electrons. The fourth-order valence-electron chi connectivity index (χ4n) is 3.45. The molecule has 142 valence electrons. The van der Waals surface area contributed by atoms with Gasteiger partial charge in [-0.2, -0.15) is 0 Å². The number of aliphatic hydroxyl groups is 1. The SMILES string of the molecule is O.OC(CCl)CN1CCN(C(c2ccccc2)c2ccc(Cl)cc2)CC1. The molecule has 0 aromatic heterocycles. The molecule has 0 amide bonds. The van der Waals surface area contributed by atoms with Gasteiger partial charge in [-0.05, 0) is 23.3 Å². The standard InChI is InChI=1S/C20H24Cl2N2O.H2O/c21-14-19(25)15-23-10-12-24(13-11-23)20(16-4-2-1-3-5-16)17-6-8-18(22)9-7-17;/h1-9,19-20,25H,10-15H2;1H2. The first-order valence-corrected chi connectivity index (χ1v) is 9.59. The Bertz CT molecular complexity index is 647. The Morgan fingerprint density at radius 3 is 2.04 bits per heavy atom. The topological polar surface area (TPSA) is 58.2 Å². The first kappa shape index (κ1) is 21.2. The van der Waals surface area contributed by atoms with Gasteiger partial charge in [-0.3, -0.25) is 9.80 Å². The summed E-state index contributed by atoms with van der Waals surface area (Å²) in [7, 11) is 0. The van der Waals surface area contributed by atoms with E-state index in [9.17, 15) is 5.11 Å². The quantitative estimate of drug-likeness (QED) is 0.763. The molecule has 6 heteroatoms. The summed E-state index contributed by atoms with van der Waals surface area (Å²) < 4.78 is 0. The molecule has 2 aromatic carbocycles. The minimum atomic E-state index is -0.450. The van der Waals surface area contributed by atoms with E-state index in [4.69, 9.17) is 23.2 Å². The van der Waals surface area contributed by atoms with Crippen LogP contribution in [0.2, 0.25) is 5.02 Å². The van der Waals surface area contributed by atoms with Crippen molar-refractivity contribution in [1.29, 1.82) is 0 Å². The van der Waals surface area contributed by atoms with Crippen LogP contribution in [0.1, 0.15) is 17.2 Å². The molecule has 0 aliphatic carbocycles. The molecule has 1 aliphatic rings. The highest BCUT2D eigenvalue weighted by Crippen LogP contribution is 2.30. The van der Waals surface area contributed by atoms with Gasteiger partial charge in [0.15, 0.2) is 0 Å². The number of hydrogen-bond donors (Lipinski definition) is 1. The number of aliphatic hydroxyl groups excluding tert-OH is 1. The average molecular weight is 397 g/mol.